The number of halogens is 5. The maximum absolute atomic E-state index is 13.2. The van der Waals surface area contributed by atoms with Crippen LogP contribution in [-0.4, -0.2) is 35.6 Å². The molecule has 0 N–H and O–H groups in total. The van der Waals surface area contributed by atoms with Crippen LogP contribution in [0.2, 0.25) is 10.0 Å². The predicted molar refractivity (Wildman–Crippen MR) is 145 cm³/mol. The van der Waals surface area contributed by atoms with Crippen LogP contribution in [0, 0.1) is 6.92 Å². The van der Waals surface area contributed by atoms with E-state index in [1.807, 2.05) is 53.4 Å². The predicted octanol–water partition coefficient (Wildman–Crippen LogP) is 8.10. The van der Waals surface area contributed by atoms with Crippen molar-refractivity contribution in [1.82, 2.24) is 9.47 Å². The molecule has 0 radical (unpaired) electrons. The van der Waals surface area contributed by atoms with Crippen LogP contribution in [-0.2, 0) is 12.7 Å². The van der Waals surface area contributed by atoms with E-state index in [0.717, 1.165) is 48.3 Å². The van der Waals surface area contributed by atoms with Crippen molar-refractivity contribution >= 4 is 28.9 Å². The third-order valence-electron chi connectivity index (χ3n) is 6.88. The van der Waals surface area contributed by atoms with Gasteiger partial charge in [0, 0.05) is 59.8 Å². The largest absolute Gasteiger partial charge is 0.416 e. The van der Waals surface area contributed by atoms with E-state index in [0.29, 0.717) is 28.8 Å². The number of aromatic nitrogens is 1. The number of hydrogen-bond donors (Lipinski definition) is 0. The van der Waals surface area contributed by atoms with Gasteiger partial charge in [0.1, 0.15) is 0 Å². The van der Waals surface area contributed by atoms with Crippen LogP contribution >= 0.6 is 23.2 Å². The standard InChI is InChI=1S/C29H26Cl2F3N3/c1-20-22(19-35-13-15-36(16-14-35)27-4-2-3-23(18-27)29(32,33)34)17-28(21-5-7-24(30)8-6-21)37(20)26-11-9-25(31)10-12-26/h2-12,17-18H,13-16,19H2,1H3. The second kappa shape index (κ2) is 10.4. The van der Waals surface area contributed by atoms with Gasteiger partial charge in [0.2, 0.25) is 0 Å². The SMILES string of the molecule is Cc1c(CN2CCN(c3cccc(C(F)(F)F)c3)CC2)cc(-c2ccc(Cl)cc2)n1-c1ccc(Cl)cc1. The van der Waals surface area contributed by atoms with Gasteiger partial charge in [0.25, 0.3) is 0 Å². The summed E-state index contributed by atoms with van der Waals surface area (Å²) < 4.78 is 41.7. The van der Waals surface area contributed by atoms with Gasteiger partial charge in [-0.15, -0.1) is 0 Å². The van der Waals surface area contributed by atoms with Crippen LogP contribution in [0.15, 0.2) is 78.9 Å². The topological polar surface area (TPSA) is 11.4 Å². The van der Waals surface area contributed by atoms with Gasteiger partial charge in [-0.05, 0) is 78.7 Å². The Hall–Kier alpha value is -2.93. The first kappa shape index (κ1) is 25.7. The Bertz CT molecular complexity index is 1370. The Morgan fingerprint density at radius 3 is 2.00 bits per heavy atom. The summed E-state index contributed by atoms with van der Waals surface area (Å²) in [5.41, 5.74) is 5.48. The molecule has 0 saturated carbocycles. The lowest BCUT2D eigenvalue weighted by atomic mass is 10.1. The zero-order valence-corrected chi connectivity index (χ0v) is 21.8. The molecule has 0 bridgehead atoms. The highest BCUT2D eigenvalue weighted by atomic mass is 35.5. The fourth-order valence-corrected chi connectivity index (χ4v) is 5.11. The van der Waals surface area contributed by atoms with Crippen LogP contribution in [0.25, 0.3) is 16.9 Å². The second-order valence-corrected chi connectivity index (χ2v) is 10.1. The molecule has 5 rings (SSSR count). The molecule has 3 nitrogen and oxygen atoms in total. The highest BCUT2D eigenvalue weighted by Gasteiger charge is 2.31. The van der Waals surface area contributed by atoms with E-state index < -0.39 is 11.7 Å². The van der Waals surface area contributed by atoms with Gasteiger partial charge in [-0.2, -0.15) is 13.2 Å². The Morgan fingerprint density at radius 2 is 1.38 bits per heavy atom. The van der Waals surface area contributed by atoms with Crippen molar-refractivity contribution in [2.24, 2.45) is 0 Å². The van der Waals surface area contributed by atoms with Crippen LogP contribution < -0.4 is 4.90 Å². The number of anilines is 1. The molecule has 8 heteroatoms. The average Bonchev–Trinajstić information content (AvgIpc) is 3.20. The highest BCUT2D eigenvalue weighted by Crippen LogP contribution is 2.33. The van der Waals surface area contributed by atoms with Crippen LogP contribution in [0.5, 0.6) is 0 Å². The maximum atomic E-state index is 13.2. The Labute approximate surface area is 224 Å². The van der Waals surface area contributed by atoms with Gasteiger partial charge in [-0.25, -0.2) is 0 Å². The molecule has 2 heterocycles. The molecule has 4 aromatic rings. The summed E-state index contributed by atoms with van der Waals surface area (Å²) in [4.78, 5) is 4.38. The molecule has 1 saturated heterocycles. The highest BCUT2D eigenvalue weighted by molar-refractivity contribution is 6.30. The van der Waals surface area contributed by atoms with Crippen molar-refractivity contribution in [3.05, 3.63) is 106 Å². The number of nitrogens with zero attached hydrogens (tertiary/aromatic N) is 3. The van der Waals surface area contributed by atoms with E-state index in [9.17, 15) is 13.2 Å². The summed E-state index contributed by atoms with van der Waals surface area (Å²) in [5, 5.41) is 1.37. The van der Waals surface area contributed by atoms with Crippen molar-refractivity contribution < 1.29 is 13.2 Å². The molecule has 1 aliphatic heterocycles. The van der Waals surface area contributed by atoms with Gasteiger partial charge in [-0.3, -0.25) is 4.90 Å². The smallest absolute Gasteiger partial charge is 0.369 e. The molecule has 0 aliphatic carbocycles. The number of piperazine rings is 1. The second-order valence-electron chi connectivity index (χ2n) is 9.27. The van der Waals surface area contributed by atoms with Crippen molar-refractivity contribution in [3.63, 3.8) is 0 Å². The van der Waals surface area contributed by atoms with Crippen LogP contribution in [0.4, 0.5) is 18.9 Å². The molecular weight excluding hydrogens is 518 g/mol. The Kier molecular flexibility index (Phi) is 7.26. The first-order chi connectivity index (χ1) is 17.7. The fourth-order valence-electron chi connectivity index (χ4n) is 4.86. The summed E-state index contributed by atoms with van der Waals surface area (Å²) in [6, 6.07) is 23.4. The molecule has 1 aliphatic rings. The summed E-state index contributed by atoms with van der Waals surface area (Å²) in [7, 11) is 0. The first-order valence-corrected chi connectivity index (χ1v) is 12.8. The quantitative estimate of drug-likeness (QED) is 0.252. The van der Waals surface area contributed by atoms with Crippen LogP contribution in [0.3, 0.4) is 0 Å². The van der Waals surface area contributed by atoms with Crippen LogP contribution in [0.1, 0.15) is 16.8 Å². The lowest BCUT2D eigenvalue weighted by Gasteiger charge is -2.36. The lowest BCUT2D eigenvalue weighted by Crippen LogP contribution is -2.46. The molecule has 0 spiro atoms. The third-order valence-corrected chi connectivity index (χ3v) is 7.39. The minimum atomic E-state index is -4.34. The molecule has 192 valence electrons. The summed E-state index contributed by atoms with van der Waals surface area (Å²) >= 11 is 12.3. The molecule has 0 amide bonds. The first-order valence-electron chi connectivity index (χ1n) is 12.1. The number of rotatable bonds is 5. The van der Waals surface area contributed by atoms with E-state index in [1.54, 1.807) is 6.07 Å². The molecule has 0 unspecified atom stereocenters. The zero-order chi connectivity index (χ0) is 26.2. The van der Waals surface area contributed by atoms with E-state index in [2.05, 4.69) is 22.5 Å². The molecule has 1 aromatic heterocycles. The number of hydrogen-bond acceptors (Lipinski definition) is 2. The third kappa shape index (κ3) is 5.66. The van der Waals surface area contributed by atoms with Gasteiger partial charge >= 0.3 is 6.18 Å². The summed E-state index contributed by atoms with van der Waals surface area (Å²) in [6.07, 6.45) is -4.34. The summed E-state index contributed by atoms with van der Waals surface area (Å²) in [5.74, 6) is 0. The lowest BCUT2D eigenvalue weighted by molar-refractivity contribution is -0.137. The van der Waals surface area contributed by atoms with Crippen molar-refractivity contribution in [2.75, 3.05) is 31.1 Å². The molecule has 37 heavy (non-hydrogen) atoms. The van der Waals surface area contributed by atoms with E-state index >= 15 is 0 Å². The van der Waals surface area contributed by atoms with E-state index in [1.165, 1.54) is 17.7 Å². The molecule has 3 aromatic carbocycles. The number of benzene rings is 3. The number of alkyl halides is 3. The zero-order valence-electron chi connectivity index (χ0n) is 20.3. The normalized spacial score (nSPS) is 14.8. The molecule has 0 atom stereocenters. The van der Waals surface area contributed by atoms with E-state index in [4.69, 9.17) is 23.2 Å². The van der Waals surface area contributed by atoms with Gasteiger partial charge in [0.15, 0.2) is 0 Å². The minimum absolute atomic E-state index is 0.610. The minimum Gasteiger partial charge on any atom is -0.369 e. The fraction of sp³-hybridized carbons (Fsp3) is 0.241. The van der Waals surface area contributed by atoms with Crippen molar-refractivity contribution in [3.8, 4) is 16.9 Å². The van der Waals surface area contributed by atoms with Crippen molar-refractivity contribution in [2.45, 2.75) is 19.6 Å². The van der Waals surface area contributed by atoms with Gasteiger partial charge in [-0.1, -0.05) is 41.4 Å². The Balaban J connectivity index is 1.37. The molecule has 1 fully saturated rings. The van der Waals surface area contributed by atoms with Crippen molar-refractivity contribution in [1.29, 1.82) is 0 Å². The van der Waals surface area contributed by atoms with Gasteiger partial charge < -0.3 is 9.47 Å². The average molecular weight is 544 g/mol. The summed E-state index contributed by atoms with van der Waals surface area (Å²) in [6.45, 7) is 5.73. The Morgan fingerprint density at radius 1 is 0.757 bits per heavy atom. The maximum Gasteiger partial charge on any atom is 0.416 e. The van der Waals surface area contributed by atoms with Gasteiger partial charge in [0.05, 0.1) is 11.3 Å². The van der Waals surface area contributed by atoms with E-state index in [-0.39, 0.29) is 0 Å². The monoisotopic (exact) mass is 543 g/mol. The molecular formula is C29H26Cl2F3N3.